The standard InChI is InChI=1S/C23H22F4N2O5S/c24-12-17(30)15(11-20(31)32)28-21(33)16-6-1-2-9-29(16)22(34)19-8-7-18(35-19)13-4-3-5-14(10-13)23(25,26)27/h3-5,7-8,10,15-16H,1-2,6,9,11-12H2,(H,28,33)(H,31,32)/t15-,16-/m0/s1. The Kier molecular flexibility index (Phi) is 8.26. The predicted octanol–water partition coefficient (Wildman–Crippen LogP) is 3.93. The van der Waals surface area contributed by atoms with Crippen LogP contribution < -0.4 is 5.32 Å². The van der Waals surface area contributed by atoms with Gasteiger partial charge in [0.25, 0.3) is 5.91 Å². The number of rotatable bonds is 8. The minimum atomic E-state index is -4.51. The van der Waals surface area contributed by atoms with E-state index in [9.17, 15) is 36.7 Å². The number of benzene rings is 1. The summed E-state index contributed by atoms with van der Waals surface area (Å²) >= 11 is 0.980. The van der Waals surface area contributed by atoms with Crippen LogP contribution in [0.5, 0.6) is 0 Å². The van der Waals surface area contributed by atoms with Crippen LogP contribution in [-0.4, -0.2) is 58.9 Å². The number of halogens is 4. The van der Waals surface area contributed by atoms with E-state index in [1.54, 1.807) is 0 Å². The third-order valence-corrected chi connectivity index (χ3v) is 6.70. The van der Waals surface area contributed by atoms with Gasteiger partial charge in [0.2, 0.25) is 5.91 Å². The molecule has 2 atom stereocenters. The minimum Gasteiger partial charge on any atom is -0.481 e. The molecule has 0 unspecified atom stereocenters. The Bertz CT molecular complexity index is 1120. The minimum absolute atomic E-state index is 0.207. The van der Waals surface area contributed by atoms with Gasteiger partial charge in [0.1, 0.15) is 18.8 Å². The zero-order valence-electron chi connectivity index (χ0n) is 18.3. The second kappa shape index (κ2) is 11.0. The zero-order valence-corrected chi connectivity index (χ0v) is 19.1. The molecule has 35 heavy (non-hydrogen) atoms. The Hall–Kier alpha value is -3.28. The molecule has 1 aromatic heterocycles. The molecule has 2 heterocycles. The first kappa shape index (κ1) is 26.3. The molecule has 2 amide bonds. The predicted molar refractivity (Wildman–Crippen MR) is 119 cm³/mol. The van der Waals surface area contributed by atoms with Crippen LogP contribution in [0.4, 0.5) is 17.6 Å². The van der Waals surface area contributed by atoms with Crippen LogP contribution in [0.3, 0.4) is 0 Å². The Labute approximate surface area is 201 Å². The van der Waals surface area contributed by atoms with Crippen molar-refractivity contribution >= 4 is 34.9 Å². The summed E-state index contributed by atoms with van der Waals surface area (Å²) in [6.07, 6.45) is -3.85. The summed E-state index contributed by atoms with van der Waals surface area (Å²) in [4.78, 5) is 50.7. The van der Waals surface area contributed by atoms with Gasteiger partial charge >= 0.3 is 12.1 Å². The van der Waals surface area contributed by atoms with Crippen molar-refractivity contribution in [2.24, 2.45) is 0 Å². The highest BCUT2D eigenvalue weighted by Crippen LogP contribution is 2.35. The Morgan fingerprint density at radius 3 is 2.54 bits per heavy atom. The lowest BCUT2D eigenvalue weighted by Gasteiger charge is -2.35. The van der Waals surface area contributed by atoms with Gasteiger partial charge in [-0.3, -0.25) is 19.2 Å². The molecule has 1 aromatic carbocycles. The number of ketones is 1. The number of hydrogen-bond donors (Lipinski definition) is 2. The normalized spacial score (nSPS) is 17.0. The van der Waals surface area contributed by atoms with Gasteiger partial charge < -0.3 is 15.3 Å². The van der Waals surface area contributed by atoms with Crippen LogP contribution in [0.2, 0.25) is 0 Å². The van der Waals surface area contributed by atoms with Gasteiger partial charge in [-0.15, -0.1) is 11.3 Å². The fraction of sp³-hybridized carbons (Fsp3) is 0.391. The van der Waals surface area contributed by atoms with Gasteiger partial charge in [0.05, 0.1) is 16.9 Å². The number of amides is 2. The fourth-order valence-corrected chi connectivity index (χ4v) is 4.79. The third-order valence-electron chi connectivity index (χ3n) is 5.57. The molecule has 7 nitrogen and oxygen atoms in total. The monoisotopic (exact) mass is 514 g/mol. The lowest BCUT2D eigenvalue weighted by atomic mass is 10.00. The van der Waals surface area contributed by atoms with Crippen LogP contribution in [-0.2, 0) is 20.6 Å². The molecule has 188 valence electrons. The van der Waals surface area contributed by atoms with E-state index in [0.29, 0.717) is 17.7 Å². The number of hydrogen-bond acceptors (Lipinski definition) is 5. The van der Waals surface area contributed by atoms with Gasteiger partial charge in [-0.2, -0.15) is 13.2 Å². The summed E-state index contributed by atoms with van der Waals surface area (Å²) in [7, 11) is 0. The first-order chi connectivity index (χ1) is 16.5. The summed E-state index contributed by atoms with van der Waals surface area (Å²) in [6.45, 7) is -1.23. The van der Waals surface area contributed by atoms with Crippen molar-refractivity contribution in [2.75, 3.05) is 13.2 Å². The average molecular weight is 514 g/mol. The number of carbonyl (C=O) groups excluding carboxylic acids is 3. The van der Waals surface area contributed by atoms with Crippen molar-refractivity contribution < 1.29 is 41.8 Å². The highest BCUT2D eigenvalue weighted by molar-refractivity contribution is 7.17. The highest BCUT2D eigenvalue weighted by atomic mass is 32.1. The summed E-state index contributed by atoms with van der Waals surface area (Å²) in [6, 6.07) is 5.14. The quantitative estimate of drug-likeness (QED) is 0.520. The molecule has 2 aromatic rings. The number of thiophene rings is 1. The van der Waals surface area contributed by atoms with E-state index in [4.69, 9.17) is 5.11 Å². The summed E-state index contributed by atoms with van der Waals surface area (Å²) in [5.41, 5.74) is -0.527. The van der Waals surface area contributed by atoms with Crippen molar-refractivity contribution in [3.05, 3.63) is 46.8 Å². The Morgan fingerprint density at radius 2 is 1.89 bits per heavy atom. The second-order valence-electron chi connectivity index (χ2n) is 8.01. The van der Waals surface area contributed by atoms with E-state index < -0.39 is 60.5 Å². The number of alkyl halides is 4. The van der Waals surface area contributed by atoms with E-state index in [1.165, 1.54) is 29.2 Å². The molecule has 3 rings (SSSR count). The van der Waals surface area contributed by atoms with Crippen molar-refractivity contribution in [3.8, 4) is 10.4 Å². The topological polar surface area (TPSA) is 104 Å². The van der Waals surface area contributed by atoms with Crippen LogP contribution in [0.25, 0.3) is 10.4 Å². The van der Waals surface area contributed by atoms with E-state index in [2.05, 4.69) is 5.32 Å². The number of carboxylic acids is 1. The lowest BCUT2D eigenvalue weighted by Crippen LogP contribution is -2.55. The molecule has 0 radical (unpaired) electrons. The van der Waals surface area contributed by atoms with Gasteiger partial charge in [0, 0.05) is 11.4 Å². The molecular formula is C23H22F4N2O5S. The molecule has 0 saturated carbocycles. The largest absolute Gasteiger partial charge is 0.481 e. The van der Waals surface area contributed by atoms with Crippen molar-refractivity contribution in [1.29, 1.82) is 0 Å². The first-order valence-corrected chi connectivity index (χ1v) is 11.5. The summed E-state index contributed by atoms with van der Waals surface area (Å²) < 4.78 is 51.9. The van der Waals surface area contributed by atoms with Crippen LogP contribution in [0.1, 0.15) is 40.9 Å². The summed E-state index contributed by atoms with van der Waals surface area (Å²) in [5, 5.41) is 11.2. The van der Waals surface area contributed by atoms with Crippen LogP contribution in [0, 0.1) is 0 Å². The van der Waals surface area contributed by atoms with Gasteiger partial charge in [-0.05, 0) is 49.1 Å². The molecule has 0 bridgehead atoms. The van der Waals surface area contributed by atoms with E-state index >= 15 is 0 Å². The number of nitrogens with zero attached hydrogens (tertiary/aromatic N) is 1. The molecule has 0 aliphatic carbocycles. The average Bonchev–Trinajstić information content (AvgIpc) is 3.32. The SMILES string of the molecule is O=C(O)C[C@H](NC(=O)[C@@H]1CCCCN1C(=O)c1ccc(-c2cccc(C(F)(F)F)c2)s1)C(=O)CF. The number of aliphatic carboxylic acids is 1. The number of carboxylic acid groups (broad SMARTS) is 1. The molecular weight excluding hydrogens is 492 g/mol. The van der Waals surface area contributed by atoms with Crippen molar-refractivity contribution in [2.45, 2.75) is 43.9 Å². The van der Waals surface area contributed by atoms with E-state index in [0.717, 1.165) is 23.5 Å². The first-order valence-electron chi connectivity index (χ1n) is 10.7. The number of nitrogens with one attached hydrogen (secondary N) is 1. The maximum atomic E-state index is 13.2. The summed E-state index contributed by atoms with van der Waals surface area (Å²) in [5.74, 6) is -3.76. The molecule has 1 saturated heterocycles. The number of carbonyl (C=O) groups is 4. The zero-order chi connectivity index (χ0) is 25.8. The van der Waals surface area contributed by atoms with Crippen LogP contribution >= 0.6 is 11.3 Å². The second-order valence-corrected chi connectivity index (χ2v) is 9.10. The number of likely N-dealkylation sites (tertiary alicyclic amines) is 1. The van der Waals surface area contributed by atoms with E-state index in [-0.39, 0.29) is 23.4 Å². The molecule has 2 N–H and O–H groups in total. The molecule has 1 fully saturated rings. The number of Topliss-reactive ketones (excluding diaryl/α,β-unsaturated/α-hetero) is 1. The third kappa shape index (κ3) is 6.44. The smallest absolute Gasteiger partial charge is 0.416 e. The molecule has 1 aliphatic heterocycles. The molecule has 1 aliphatic rings. The van der Waals surface area contributed by atoms with Gasteiger partial charge in [-0.1, -0.05) is 12.1 Å². The van der Waals surface area contributed by atoms with Crippen molar-refractivity contribution in [1.82, 2.24) is 10.2 Å². The van der Waals surface area contributed by atoms with Crippen molar-refractivity contribution in [3.63, 3.8) is 0 Å². The van der Waals surface area contributed by atoms with Gasteiger partial charge in [-0.25, -0.2) is 4.39 Å². The lowest BCUT2D eigenvalue weighted by molar-refractivity contribution is -0.141. The number of piperidine rings is 1. The highest BCUT2D eigenvalue weighted by Gasteiger charge is 2.36. The van der Waals surface area contributed by atoms with Crippen LogP contribution in [0.15, 0.2) is 36.4 Å². The van der Waals surface area contributed by atoms with E-state index in [1.807, 2.05) is 0 Å². The Balaban J connectivity index is 1.79. The maximum absolute atomic E-state index is 13.2. The van der Waals surface area contributed by atoms with Gasteiger partial charge in [0.15, 0.2) is 5.78 Å². The fourth-order valence-electron chi connectivity index (χ4n) is 3.83. The Morgan fingerprint density at radius 1 is 1.14 bits per heavy atom. The molecule has 0 spiro atoms. The molecule has 12 heteroatoms. The maximum Gasteiger partial charge on any atom is 0.416 e.